The van der Waals surface area contributed by atoms with Crippen LogP contribution in [0, 0.1) is 20.2 Å². The molecule has 2 aromatic rings. The van der Waals surface area contributed by atoms with Gasteiger partial charge in [0.15, 0.2) is 23.1 Å². The maximum Gasteiger partial charge on any atom is 0.174 e. The third kappa shape index (κ3) is 6.03. The van der Waals surface area contributed by atoms with Crippen LogP contribution in [0.25, 0.3) is 0 Å². The number of ether oxygens (including phenoxy) is 2. The SMILES string of the molecule is CCCN1C2=C(C(=O)CC(C)(C)C2)C(c2cc(I)c(OCc3cccc(F)c3)c(OCC)c2)C2=C1CC(C)(C)CC2=O. The van der Waals surface area contributed by atoms with Gasteiger partial charge in [-0.1, -0.05) is 46.8 Å². The van der Waals surface area contributed by atoms with Crippen molar-refractivity contribution in [2.45, 2.75) is 86.2 Å². The summed E-state index contributed by atoms with van der Waals surface area (Å²) in [6.45, 7) is 14.1. The molecule has 5 nitrogen and oxygen atoms in total. The van der Waals surface area contributed by atoms with Crippen LogP contribution in [0.1, 0.15) is 90.7 Å². The molecular formula is C35H41FINO4. The predicted octanol–water partition coefficient (Wildman–Crippen LogP) is 8.50. The fourth-order valence-corrected chi connectivity index (χ4v) is 7.60. The van der Waals surface area contributed by atoms with Crippen LogP contribution in [-0.2, 0) is 16.2 Å². The Morgan fingerprint density at radius 3 is 2.07 bits per heavy atom. The van der Waals surface area contributed by atoms with Crippen molar-refractivity contribution in [3.05, 3.63) is 79.5 Å². The number of hydrogen-bond donors (Lipinski definition) is 0. The number of nitrogens with zero attached hydrogens (tertiary/aromatic N) is 1. The molecule has 7 heteroatoms. The molecule has 1 heterocycles. The van der Waals surface area contributed by atoms with E-state index in [1.807, 2.05) is 25.1 Å². The quantitative estimate of drug-likeness (QED) is 0.261. The third-order valence-corrected chi connectivity index (χ3v) is 9.21. The molecule has 1 aliphatic heterocycles. The Morgan fingerprint density at radius 1 is 0.905 bits per heavy atom. The number of carbonyl (C=O) groups excluding carboxylic acids is 2. The van der Waals surface area contributed by atoms with Gasteiger partial charge < -0.3 is 14.4 Å². The molecule has 0 N–H and O–H groups in total. The van der Waals surface area contributed by atoms with Gasteiger partial charge in [-0.05, 0) is 95.0 Å². The van der Waals surface area contributed by atoms with Gasteiger partial charge >= 0.3 is 0 Å². The molecule has 42 heavy (non-hydrogen) atoms. The normalized spacial score (nSPS) is 20.0. The lowest BCUT2D eigenvalue weighted by molar-refractivity contribution is -0.119. The van der Waals surface area contributed by atoms with Gasteiger partial charge in [0, 0.05) is 47.8 Å². The highest BCUT2D eigenvalue weighted by Crippen LogP contribution is 2.55. The molecule has 0 saturated heterocycles. The Labute approximate surface area is 262 Å². The summed E-state index contributed by atoms with van der Waals surface area (Å²) < 4.78 is 26.9. The van der Waals surface area contributed by atoms with Crippen LogP contribution >= 0.6 is 22.6 Å². The standard InChI is InChI=1S/C35H41FINO4/c1-7-12-38-25-16-34(3,4)18-27(39)31(25)30(32-26(38)17-35(5,6)19-28(32)40)22-14-24(37)33(29(15-22)41-8-2)42-20-21-10-9-11-23(36)13-21/h9-11,13-15,30H,7-8,12,16-20H2,1-6H3. The predicted molar refractivity (Wildman–Crippen MR) is 171 cm³/mol. The zero-order chi connectivity index (χ0) is 30.4. The first-order valence-electron chi connectivity index (χ1n) is 15.0. The van der Waals surface area contributed by atoms with Gasteiger partial charge in [-0.3, -0.25) is 9.59 Å². The van der Waals surface area contributed by atoms with Gasteiger partial charge in [0.1, 0.15) is 12.4 Å². The molecule has 2 aromatic carbocycles. The summed E-state index contributed by atoms with van der Waals surface area (Å²) in [5, 5.41) is 0. The van der Waals surface area contributed by atoms with E-state index in [-0.39, 0.29) is 34.8 Å². The summed E-state index contributed by atoms with van der Waals surface area (Å²) in [6.07, 6.45) is 3.41. The van der Waals surface area contributed by atoms with Crippen molar-refractivity contribution in [1.29, 1.82) is 0 Å². The molecule has 0 amide bonds. The van der Waals surface area contributed by atoms with Crippen LogP contribution in [0.5, 0.6) is 11.5 Å². The monoisotopic (exact) mass is 685 g/mol. The topological polar surface area (TPSA) is 55.8 Å². The summed E-state index contributed by atoms with van der Waals surface area (Å²) in [4.78, 5) is 30.4. The molecule has 0 bridgehead atoms. The highest BCUT2D eigenvalue weighted by Gasteiger charge is 2.49. The molecule has 0 atom stereocenters. The fraction of sp³-hybridized carbons (Fsp3) is 0.486. The van der Waals surface area contributed by atoms with Crippen LogP contribution in [0.4, 0.5) is 4.39 Å². The summed E-state index contributed by atoms with van der Waals surface area (Å²) in [6, 6.07) is 10.3. The van der Waals surface area contributed by atoms with Crippen molar-refractivity contribution >= 4 is 34.2 Å². The Hall–Kier alpha value is -2.68. The number of hydrogen-bond acceptors (Lipinski definition) is 5. The lowest BCUT2D eigenvalue weighted by atomic mass is 9.63. The van der Waals surface area contributed by atoms with Crippen molar-refractivity contribution in [2.24, 2.45) is 10.8 Å². The van der Waals surface area contributed by atoms with Gasteiger partial charge in [-0.2, -0.15) is 0 Å². The zero-order valence-corrected chi connectivity index (χ0v) is 27.7. The maximum atomic E-state index is 14.0. The van der Waals surface area contributed by atoms with E-state index in [4.69, 9.17) is 9.47 Å². The van der Waals surface area contributed by atoms with E-state index in [9.17, 15) is 14.0 Å². The molecule has 224 valence electrons. The Bertz CT molecular complexity index is 1430. The largest absolute Gasteiger partial charge is 0.490 e. The lowest BCUT2D eigenvalue weighted by Crippen LogP contribution is -2.44. The van der Waals surface area contributed by atoms with Gasteiger partial charge in [0.05, 0.1) is 10.2 Å². The second-order valence-electron chi connectivity index (χ2n) is 13.4. The van der Waals surface area contributed by atoms with Gasteiger partial charge in [0.25, 0.3) is 0 Å². The van der Waals surface area contributed by atoms with Gasteiger partial charge in [-0.15, -0.1) is 0 Å². The Balaban J connectivity index is 1.67. The fourth-order valence-electron chi connectivity index (χ4n) is 6.81. The molecule has 0 saturated carbocycles. The van der Waals surface area contributed by atoms with Crippen LogP contribution in [0.15, 0.2) is 58.9 Å². The molecular weight excluding hydrogens is 644 g/mol. The first kappa shape index (κ1) is 30.8. The smallest absolute Gasteiger partial charge is 0.174 e. The minimum Gasteiger partial charge on any atom is -0.490 e. The van der Waals surface area contributed by atoms with E-state index in [1.165, 1.54) is 12.1 Å². The molecule has 3 aliphatic rings. The highest BCUT2D eigenvalue weighted by atomic mass is 127. The average molecular weight is 686 g/mol. The summed E-state index contributed by atoms with van der Waals surface area (Å²) >= 11 is 2.24. The molecule has 0 unspecified atom stereocenters. The first-order chi connectivity index (χ1) is 19.8. The molecule has 0 fully saturated rings. The minimum absolute atomic E-state index is 0.121. The number of ketones is 2. The summed E-state index contributed by atoms with van der Waals surface area (Å²) in [7, 11) is 0. The molecule has 0 aromatic heterocycles. The van der Waals surface area contributed by atoms with Gasteiger partial charge in [-0.25, -0.2) is 4.39 Å². The molecule has 0 spiro atoms. The van der Waals surface area contributed by atoms with E-state index in [0.29, 0.717) is 30.9 Å². The minimum atomic E-state index is -0.444. The first-order valence-corrected chi connectivity index (χ1v) is 16.1. The van der Waals surface area contributed by atoms with E-state index < -0.39 is 5.92 Å². The van der Waals surface area contributed by atoms with E-state index in [1.54, 1.807) is 6.07 Å². The molecule has 2 aliphatic carbocycles. The number of benzene rings is 2. The van der Waals surface area contributed by atoms with Crippen molar-refractivity contribution in [3.8, 4) is 11.5 Å². The van der Waals surface area contributed by atoms with Crippen LogP contribution in [0.2, 0.25) is 0 Å². The summed E-state index contributed by atoms with van der Waals surface area (Å²) in [5.74, 6) is 0.620. The number of allylic oxidation sites excluding steroid dienone is 4. The third-order valence-electron chi connectivity index (χ3n) is 8.41. The van der Waals surface area contributed by atoms with E-state index in [2.05, 4.69) is 62.1 Å². The van der Waals surface area contributed by atoms with Crippen molar-refractivity contribution in [2.75, 3.05) is 13.2 Å². The lowest BCUT2D eigenvalue weighted by Gasteiger charge is -2.49. The highest BCUT2D eigenvalue weighted by molar-refractivity contribution is 14.1. The molecule has 5 rings (SSSR count). The number of carbonyl (C=O) groups is 2. The van der Waals surface area contributed by atoms with E-state index in [0.717, 1.165) is 63.0 Å². The van der Waals surface area contributed by atoms with Crippen LogP contribution < -0.4 is 9.47 Å². The summed E-state index contributed by atoms with van der Waals surface area (Å²) in [5.41, 5.74) is 4.96. The van der Waals surface area contributed by atoms with Gasteiger partial charge in [0.2, 0.25) is 0 Å². The number of halogens is 2. The van der Waals surface area contributed by atoms with Crippen LogP contribution in [-0.4, -0.2) is 29.6 Å². The molecule has 0 radical (unpaired) electrons. The Kier molecular flexibility index (Phi) is 8.63. The van der Waals surface area contributed by atoms with Crippen molar-refractivity contribution in [1.82, 2.24) is 4.90 Å². The number of rotatable bonds is 8. The second-order valence-corrected chi connectivity index (χ2v) is 14.5. The van der Waals surface area contributed by atoms with Crippen LogP contribution in [0.3, 0.4) is 0 Å². The van der Waals surface area contributed by atoms with Crippen molar-refractivity contribution < 1.29 is 23.5 Å². The number of Topliss-reactive ketones (excluding diaryl/α,β-unsaturated/α-hetero) is 2. The average Bonchev–Trinajstić information content (AvgIpc) is 2.88. The maximum absolute atomic E-state index is 14.0. The van der Waals surface area contributed by atoms with E-state index >= 15 is 0 Å². The zero-order valence-electron chi connectivity index (χ0n) is 25.5. The Morgan fingerprint density at radius 2 is 1.52 bits per heavy atom. The second kappa shape index (κ2) is 11.8. The van der Waals surface area contributed by atoms with Crippen molar-refractivity contribution in [3.63, 3.8) is 0 Å².